The molecule has 17 heavy (non-hydrogen) atoms. The average molecular weight is 242 g/mol. The van der Waals surface area contributed by atoms with Gasteiger partial charge in [-0.05, 0) is 19.3 Å². The molecule has 1 rings (SSSR count). The molecule has 1 aliphatic rings. The van der Waals surface area contributed by atoms with Crippen LogP contribution in [-0.2, 0) is 9.59 Å². The summed E-state index contributed by atoms with van der Waals surface area (Å²) in [4.78, 5) is 24.2. The average Bonchev–Trinajstić information content (AvgIpc) is 2.24. The number of carboxylic acid groups (broad SMARTS) is 1. The Labute approximate surface area is 102 Å². The minimum Gasteiger partial charge on any atom is -0.481 e. The van der Waals surface area contributed by atoms with Gasteiger partial charge in [-0.2, -0.15) is 0 Å². The molecule has 3 N–H and O–H groups in total. The number of nitrogens with two attached hydrogens (primary N) is 1. The van der Waals surface area contributed by atoms with E-state index in [2.05, 4.69) is 0 Å². The summed E-state index contributed by atoms with van der Waals surface area (Å²) in [7, 11) is 0. The fourth-order valence-electron chi connectivity index (χ4n) is 2.10. The molecule has 0 aromatic heterocycles. The van der Waals surface area contributed by atoms with Gasteiger partial charge in [0, 0.05) is 19.5 Å². The van der Waals surface area contributed by atoms with Gasteiger partial charge in [0.25, 0.3) is 0 Å². The van der Waals surface area contributed by atoms with Gasteiger partial charge in [-0.3, -0.25) is 9.59 Å². The zero-order valence-electron chi connectivity index (χ0n) is 10.2. The van der Waals surface area contributed by atoms with Gasteiger partial charge >= 0.3 is 5.97 Å². The normalized spacial score (nSPS) is 19.2. The number of rotatable bonds is 4. The molecule has 98 valence electrons. The number of likely N-dealkylation sites (tertiary alicyclic amines) is 1. The van der Waals surface area contributed by atoms with Crippen LogP contribution in [0.3, 0.4) is 0 Å². The van der Waals surface area contributed by atoms with Crippen LogP contribution in [0.2, 0.25) is 0 Å². The first-order valence-corrected chi connectivity index (χ1v) is 6.37. The maximum atomic E-state index is 12.0. The zero-order valence-corrected chi connectivity index (χ0v) is 10.2. The Bertz CT molecular complexity index is 260. The second-order valence-electron chi connectivity index (χ2n) is 4.63. The Morgan fingerprint density at radius 1 is 1.12 bits per heavy atom. The lowest BCUT2D eigenvalue weighted by atomic mass is 10.1. The highest BCUT2D eigenvalue weighted by Crippen LogP contribution is 2.12. The highest BCUT2D eigenvalue weighted by molar-refractivity contribution is 5.82. The first-order valence-electron chi connectivity index (χ1n) is 6.37. The van der Waals surface area contributed by atoms with E-state index in [0.29, 0.717) is 0 Å². The molecule has 1 fully saturated rings. The first-order chi connectivity index (χ1) is 8.11. The maximum absolute atomic E-state index is 12.0. The Morgan fingerprint density at radius 2 is 1.65 bits per heavy atom. The van der Waals surface area contributed by atoms with E-state index < -0.39 is 12.0 Å². The number of carbonyl (C=O) groups excluding carboxylic acids is 1. The quantitative estimate of drug-likeness (QED) is 0.769. The van der Waals surface area contributed by atoms with Crippen molar-refractivity contribution < 1.29 is 14.7 Å². The molecule has 0 aromatic rings. The Balaban J connectivity index is 2.39. The standard InChI is InChI=1S/C12H22N2O3/c13-10(6-7-11(15)16)12(17)14-8-4-2-1-3-5-9-14/h10H,1-9,13H2,(H,15,16). The molecule has 0 radical (unpaired) electrons. The number of hydrogen-bond donors (Lipinski definition) is 2. The zero-order chi connectivity index (χ0) is 12.7. The van der Waals surface area contributed by atoms with E-state index in [9.17, 15) is 9.59 Å². The van der Waals surface area contributed by atoms with Gasteiger partial charge in [-0.15, -0.1) is 0 Å². The number of carboxylic acids is 1. The van der Waals surface area contributed by atoms with Crippen molar-refractivity contribution in [2.24, 2.45) is 5.73 Å². The molecule has 1 aliphatic heterocycles. The number of hydrogen-bond acceptors (Lipinski definition) is 3. The SMILES string of the molecule is NC(CCC(=O)O)C(=O)N1CCCCCCC1. The van der Waals surface area contributed by atoms with Gasteiger partial charge in [0.2, 0.25) is 5.91 Å². The molecule has 0 aromatic carbocycles. The van der Waals surface area contributed by atoms with Crippen molar-refractivity contribution in [1.29, 1.82) is 0 Å². The van der Waals surface area contributed by atoms with Crippen LogP contribution < -0.4 is 5.73 Å². The van der Waals surface area contributed by atoms with Gasteiger partial charge in [-0.1, -0.05) is 19.3 Å². The molecular weight excluding hydrogens is 220 g/mol. The number of carbonyl (C=O) groups is 2. The number of nitrogens with zero attached hydrogens (tertiary/aromatic N) is 1. The van der Waals surface area contributed by atoms with Crippen molar-refractivity contribution in [2.75, 3.05) is 13.1 Å². The van der Waals surface area contributed by atoms with Gasteiger partial charge in [-0.25, -0.2) is 0 Å². The van der Waals surface area contributed by atoms with E-state index in [1.807, 2.05) is 0 Å². The predicted octanol–water partition coefficient (Wildman–Crippen LogP) is 0.971. The van der Waals surface area contributed by atoms with E-state index in [1.165, 1.54) is 6.42 Å². The smallest absolute Gasteiger partial charge is 0.303 e. The molecule has 0 spiro atoms. The summed E-state index contributed by atoms with van der Waals surface area (Å²) in [5.74, 6) is -0.992. The Hall–Kier alpha value is -1.10. The molecule has 5 heteroatoms. The fourth-order valence-corrected chi connectivity index (χ4v) is 2.10. The summed E-state index contributed by atoms with van der Waals surface area (Å²) < 4.78 is 0. The summed E-state index contributed by atoms with van der Waals surface area (Å²) in [6, 6.07) is -0.662. The van der Waals surface area contributed by atoms with Crippen molar-refractivity contribution in [3.05, 3.63) is 0 Å². The van der Waals surface area contributed by atoms with Crippen LogP contribution in [0.1, 0.15) is 44.9 Å². The third kappa shape index (κ3) is 5.17. The van der Waals surface area contributed by atoms with Crippen LogP contribution in [0.15, 0.2) is 0 Å². The van der Waals surface area contributed by atoms with Crippen LogP contribution in [0.25, 0.3) is 0 Å². The molecule has 0 aliphatic carbocycles. The summed E-state index contributed by atoms with van der Waals surface area (Å²) >= 11 is 0. The largest absolute Gasteiger partial charge is 0.481 e. The lowest BCUT2D eigenvalue weighted by Gasteiger charge is -2.27. The Kier molecular flexibility index (Phi) is 5.97. The highest BCUT2D eigenvalue weighted by atomic mass is 16.4. The van der Waals surface area contributed by atoms with E-state index in [-0.39, 0.29) is 18.7 Å². The van der Waals surface area contributed by atoms with Gasteiger partial charge in [0.05, 0.1) is 6.04 Å². The topological polar surface area (TPSA) is 83.6 Å². The molecule has 1 atom stereocenters. The summed E-state index contributed by atoms with van der Waals surface area (Å²) in [6.45, 7) is 1.53. The number of aliphatic carboxylic acids is 1. The van der Waals surface area contributed by atoms with Crippen LogP contribution in [-0.4, -0.2) is 41.0 Å². The summed E-state index contributed by atoms with van der Waals surface area (Å²) in [5, 5.41) is 8.56. The second-order valence-corrected chi connectivity index (χ2v) is 4.63. The third-order valence-corrected chi connectivity index (χ3v) is 3.15. The predicted molar refractivity (Wildman–Crippen MR) is 64.5 cm³/mol. The van der Waals surface area contributed by atoms with Crippen LogP contribution in [0, 0.1) is 0 Å². The van der Waals surface area contributed by atoms with Crippen LogP contribution in [0.5, 0.6) is 0 Å². The van der Waals surface area contributed by atoms with E-state index in [4.69, 9.17) is 10.8 Å². The molecule has 1 amide bonds. The second kappa shape index (κ2) is 7.27. The van der Waals surface area contributed by atoms with Crippen molar-refractivity contribution in [1.82, 2.24) is 4.90 Å². The molecule has 1 unspecified atom stereocenters. The minimum absolute atomic E-state index is 0.0409. The van der Waals surface area contributed by atoms with Crippen molar-refractivity contribution in [3.63, 3.8) is 0 Å². The van der Waals surface area contributed by atoms with E-state index in [0.717, 1.165) is 38.8 Å². The van der Waals surface area contributed by atoms with Gasteiger partial charge in [0.15, 0.2) is 0 Å². The van der Waals surface area contributed by atoms with E-state index >= 15 is 0 Å². The molecule has 0 saturated carbocycles. The van der Waals surface area contributed by atoms with Crippen molar-refractivity contribution >= 4 is 11.9 Å². The van der Waals surface area contributed by atoms with Crippen LogP contribution in [0.4, 0.5) is 0 Å². The first kappa shape index (κ1) is 14.0. The summed E-state index contributed by atoms with van der Waals surface area (Å²) in [5.41, 5.74) is 5.73. The molecule has 5 nitrogen and oxygen atoms in total. The minimum atomic E-state index is -0.902. The van der Waals surface area contributed by atoms with Crippen molar-refractivity contribution in [2.45, 2.75) is 51.0 Å². The Morgan fingerprint density at radius 3 is 2.18 bits per heavy atom. The van der Waals surface area contributed by atoms with Gasteiger partial charge in [0.1, 0.15) is 0 Å². The lowest BCUT2D eigenvalue weighted by Crippen LogP contribution is -2.45. The van der Waals surface area contributed by atoms with Crippen LogP contribution >= 0.6 is 0 Å². The highest BCUT2D eigenvalue weighted by Gasteiger charge is 2.21. The molecule has 0 bridgehead atoms. The monoisotopic (exact) mass is 242 g/mol. The van der Waals surface area contributed by atoms with E-state index in [1.54, 1.807) is 4.90 Å². The molecule has 1 heterocycles. The number of amides is 1. The molecule has 1 saturated heterocycles. The molecular formula is C12H22N2O3. The van der Waals surface area contributed by atoms with Gasteiger partial charge < -0.3 is 15.7 Å². The fraction of sp³-hybridized carbons (Fsp3) is 0.833. The maximum Gasteiger partial charge on any atom is 0.303 e. The lowest BCUT2D eigenvalue weighted by molar-refractivity contribution is -0.137. The summed E-state index contributed by atoms with van der Waals surface area (Å²) in [6.07, 6.45) is 5.80. The van der Waals surface area contributed by atoms with Crippen molar-refractivity contribution in [3.8, 4) is 0 Å². The third-order valence-electron chi connectivity index (χ3n) is 3.15.